The van der Waals surface area contributed by atoms with E-state index in [0.717, 1.165) is 12.8 Å². The highest BCUT2D eigenvalue weighted by atomic mass is 16.4. The Labute approximate surface area is 124 Å². The quantitative estimate of drug-likeness (QED) is 0.825. The molecule has 0 unspecified atom stereocenters. The van der Waals surface area contributed by atoms with Crippen LogP contribution in [0.25, 0.3) is 0 Å². The molecule has 2 saturated carbocycles. The number of carboxylic acid groups (broad SMARTS) is 1. The number of carbonyl (C=O) groups is 3. The van der Waals surface area contributed by atoms with Crippen molar-refractivity contribution in [2.45, 2.75) is 32.1 Å². The number of carboxylic acids is 1. The van der Waals surface area contributed by atoms with E-state index in [1.165, 1.54) is 0 Å². The first-order chi connectivity index (χ1) is 10.1. The third-order valence-corrected chi connectivity index (χ3v) is 4.96. The van der Waals surface area contributed by atoms with E-state index in [4.69, 9.17) is 5.11 Å². The van der Waals surface area contributed by atoms with Gasteiger partial charge >= 0.3 is 5.97 Å². The molecule has 3 fully saturated rings. The average molecular weight is 294 g/mol. The van der Waals surface area contributed by atoms with Gasteiger partial charge in [-0.05, 0) is 32.1 Å². The number of carbonyl (C=O) groups excluding carboxylic acids is 2. The number of aliphatic carboxylic acids is 1. The third kappa shape index (κ3) is 3.04. The number of hydrogen-bond acceptors (Lipinski definition) is 3. The highest BCUT2D eigenvalue weighted by Crippen LogP contribution is 2.33. The molecule has 21 heavy (non-hydrogen) atoms. The van der Waals surface area contributed by atoms with Gasteiger partial charge in [0.25, 0.3) is 0 Å². The number of nitrogens with zero attached hydrogens (tertiary/aromatic N) is 2. The van der Waals surface area contributed by atoms with Crippen LogP contribution in [0.15, 0.2) is 0 Å². The third-order valence-electron chi connectivity index (χ3n) is 4.96. The normalized spacial score (nSPS) is 29.5. The van der Waals surface area contributed by atoms with Gasteiger partial charge in [-0.1, -0.05) is 0 Å². The standard InChI is InChI=1S/C15H22N2O4/c18-13(10-1-2-10)16-5-7-17(8-6-16)14(19)11-3-4-12(9-11)15(20)21/h10-12H,1-9H2,(H,20,21)/t11-,12+/m1/s1. The Balaban J connectivity index is 1.49. The molecule has 0 aromatic rings. The van der Waals surface area contributed by atoms with Crippen molar-refractivity contribution in [2.75, 3.05) is 26.2 Å². The molecular formula is C15H22N2O4. The first-order valence-electron chi connectivity index (χ1n) is 7.86. The molecule has 0 radical (unpaired) electrons. The molecule has 3 rings (SSSR count). The van der Waals surface area contributed by atoms with Crippen molar-refractivity contribution < 1.29 is 19.5 Å². The number of hydrogen-bond donors (Lipinski definition) is 1. The SMILES string of the molecule is O=C(O)[C@H]1CC[C@@H](C(=O)N2CCN(C(=O)C3CC3)CC2)C1. The predicted octanol–water partition coefficient (Wildman–Crippen LogP) is 0.568. The topological polar surface area (TPSA) is 77.9 Å². The summed E-state index contributed by atoms with van der Waals surface area (Å²) < 4.78 is 0. The zero-order valence-corrected chi connectivity index (χ0v) is 12.2. The van der Waals surface area contributed by atoms with Gasteiger partial charge < -0.3 is 14.9 Å². The van der Waals surface area contributed by atoms with Crippen molar-refractivity contribution >= 4 is 17.8 Å². The van der Waals surface area contributed by atoms with Gasteiger partial charge in [0, 0.05) is 38.0 Å². The Kier molecular flexibility index (Phi) is 3.87. The first-order valence-corrected chi connectivity index (χ1v) is 7.86. The molecule has 2 amide bonds. The largest absolute Gasteiger partial charge is 0.481 e. The summed E-state index contributed by atoms with van der Waals surface area (Å²) >= 11 is 0. The second-order valence-electron chi connectivity index (χ2n) is 6.47. The van der Waals surface area contributed by atoms with Crippen LogP contribution in [0.1, 0.15) is 32.1 Å². The Morgan fingerprint density at radius 3 is 1.57 bits per heavy atom. The second kappa shape index (κ2) is 5.66. The Bertz CT molecular complexity index is 453. The molecule has 1 heterocycles. The molecule has 1 saturated heterocycles. The van der Waals surface area contributed by atoms with Gasteiger partial charge in [-0.2, -0.15) is 0 Å². The van der Waals surface area contributed by atoms with Crippen molar-refractivity contribution in [3.05, 3.63) is 0 Å². The lowest BCUT2D eigenvalue weighted by Crippen LogP contribution is -2.52. The van der Waals surface area contributed by atoms with E-state index < -0.39 is 5.97 Å². The lowest BCUT2D eigenvalue weighted by Gasteiger charge is -2.36. The molecule has 3 aliphatic rings. The minimum Gasteiger partial charge on any atom is -0.481 e. The van der Waals surface area contributed by atoms with Gasteiger partial charge in [0.2, 0.25) is 11.8 Å². The monoisotopic (exact) mass is 294 g/mol. The van der Waals surface area contributed by atoms with Crippen LogP contribution in [0, 0.1) is 17.8 Å². The van der Waals surface area contributed by atoms with Crippen LogP contribution in [0.2, 0.25) is 0 Å². The number of rotatable bonds is 3. The summed E-state index contributed by atoms with van der Waals surface area (Å²) in [5.41, 5.74) is 0. The fourth-order valence-electron chi connectivity index (χ4n) is 3.42. The van der Waals surface area contributed by atoms with Crippen LogP contribution in [0.5, 0.6) is 0 Å². The van der Waals surface area contributed by atoms with Crippen LogP contribution in [-0.4, -0.2) is 58.9 Å². The minimum atomic E-state index is -0.787. The van der Waals surface area contributed by atoms with E-state index in [1.54, 1.807) is 0 Å². The van der Waals surface area contributed by atoms with Crippen molar-refractivity contribution in [1.29, 1.82) is 0 Å². The zero-order valence-electron chi connectivity index (χ0n) is 12.2. The van der Waals surface area contributed by atoms with Crippen molar-refractivity contribution in [3.8, 4) is 0 Å². The maximum atomic E-state index is 12.4. The molecule has 2 atom stereocenters. The summed E-state index contributed by atoms with van der Waals surface area (Å²) in [4.78, 5) is 39.0. The molecule has 6 nitrogen and oxygen atoms in total. The van der Waals surface area contributed by atoms with Crippen LogP contribution in [0.4, 0.5) is 0 Å². The molecule has 0 aromatic carbocycles. The molecule has 2 aliphatic carbocycles. The Morgan fingerprint density at radius 2 is 1.14 bits per heavy atom. The van der Waals surface area contributed by atoms with Crippen LogP contribution >= 0.6 is 0 Å². The fraction of sp³-hybridized carbons (Fsp3) is 0.800. The summed E-state index contributed by atoms with van der Waals surface area (Å²) in [6, 6.07) is 0. The van der Waals surface area contributed by atoms with E-state index in [1.807, 2.05) is 9.80 Å². The van der Waals surface area contributed by atoms with Gasteiger partial charge in [-0.3, -0.25) is 14.4 Å². The maximum Gasteiger partial charge on any atom is 0.306 e. The van der Waals surface area contributed by atoms with Gasteiger partial charge in [0.1, 0.15) is 0 Å². The van der Waals surface area contributed by atoms with E-state index in [2.05, 4.69) is 0 Å². The van der Waals surface area contributed by atoms with E-state index in [-0.39, 0.29) is 29.6 Å². The van der Waals surface area contributed by atoms with Crippen molar-refractivity contribution in [2.24, 2.45) is 17.8 Å². The van der Waals surface area contributed by atoms with Crippen LogP contribution in [0.3, 0.4) is 0 Å². The summed E-state index contributed by atoms with van der Waals surface area (Å²) in [6.45, 7) is 2.42. The number of piperazine rings is 1. The Hall–Kier alpha value is -1.59. The molecule has 0 spiro atoms. The molecule has 116 valence electrons. The highest BCUT2D eigenvalue weighted by molar-refractivity contribution is 5.83. The second-order valence-corrected chi connectivity index (χ2v) is 6.47. The molecule has 1 N–H and O–H groups in total. The van der Waals surface area contributed by atoms with E-state index in [9.17, 15) is 14.4 Å². The van der Waals surface area contributed by atoms with Crippen LogP contribution < -0.4 is 0 Å². The zero-order chi connectivity index (χ0) is 15.0. The predicted molar refractivity (Wildman–Crippen MR) is 74.4 cm³/mol. The number of amides is 2. The molecule has 1 aliphatic heterocycles. The smallest absolute Gasteiger partial charge is 0.306 e. The lowest BCUT2D eigenvalue weighted by atomic mass is 10.0. The van der Waals surface area contributed by atoms with Crippen molar-refractivity contribution in [1.82, 2.24) is 9.80 Å². The highest BCUT2D eigenvalue weighted by Gasteiger charge is 2.38. The van der Waals surface area contributed by atoms with Gasteiger partial charge in [0.15, 0.2) is 0 Å². The van der Waals surface area contributed by atoms with E-state index in [0.29, 0.717) is 45.4 Å². The summed E-state index contributed by atoms with van der Waals surface area (Å²) in [5.74, 6) is -0.733. The summed E-state index contributed by atoms with van der Waals surface area (Å²) in [5, 5.41) is 9.01. The van der Waals surface area contributed by atoms with Crippen LogP contribution in [-0.2, 0) is 14.4 Å². The van der Waals surface area contributed by atoms with Gasteiger partial charge in [-0.25, -0.2) is 0 Å². The van der Waals surface area contributed by atoms with E-state index >= 15 is 0 Å². The lowest BCUT2D eigenvalue weighted by molar-refractivity contribution is -0.143. The minimum absolute atomic E-state index is 0.0808. The maximum absolute atomic E-state index is 12.4. The Morgan fingerprint density at radius 1 is 0.714 bits per heavy atom. The van der Waals surface area contributed by atoms with Gasteiger partial charge in [0.05, 0.1) is 5.92 Å². The molecule has 6 heteroatoms. The first kappa shape index (κ1) is 14.4. The molecule has 0 bridgehead atoms. The molecular weight excluding hydrogens is 272 g/mol. The summed E-state index contributed by atoms with van der Waals surface area (Å²) in [6.07, 6.45) is 3.77. The van der Waals surface area contributed by atoms with Gasteiger partial charge in [-0.15, -0.1) is 0 Å². The van der Waals surface area contributed by atoms with Crippen molar-refractivity contribution in [3.63, 3.8) is 0 Å². The molecule has 0 aromatic heterocycles. The average Bonchev–Trinajstić information content (AvgIpc) is 3.22. The summed E-state index contributed by atoms with van der Waals surface area (Å²) in [7, 11) is 0. The fourth-order valence-corrected chi connectivity index (χ4v) is 3.42.